The zero-order valence-corrected chi connectivity index (χ0v) is 23.3. The number of anilines is 1. The Kier molecular flexibility index (Phi) is 7.20. The summed E-state index contributed by atoms with van der Waals surface area (Å²) in [5.41, 5.74) is 0.0541. The fourth-order valence-corrected chi connectivity index (χ4v) is 6.25. The number of hydrogen-bond donors (Lipinski definition) is 1. The van der Waals surface area contributed by atoms with Crippen LogP contribution in [0.3, 0.4) is 0 Å². The van der Waals surface area contributed by atoms with Gasteiger partial charge in [0.05, 0.1) is 17.3 Å². The molecule has 2 aromatic carbocycles. The van der Waals surface area contributed by atoms with E-state index in [1.165, 1.54) is 15.9 Å². The second-order valence-electron chi connectivity index (χ2n) is 11.1. The van der Waals surface area contributed by atoms with E-state index in [9.17, 15) is 32.8 Å². The number of likely N-dealkylation sites (N-methyl/N-ethyl adjacent to an activating group) is 1. The van der Waals surface area contributed by atoms with Gasteiger partial charge in [-0.3, -0.25) is 19.3 Å². The van der Waals surface area contributed by atoms with Gasteiger partial charge in [-0.2, -0.15) is 23.5 Å². The molecular formula is C31H29F3N6O3. The highest BCUT2D eigenvalue weighted by Crippen LogP contribution is 2.52. The monoisotopic (exact) mass is 590 g/mol. The lowest BCUT2D eigenvalue weighted by molar-refractivity contribution is -0.137. The van der Waals surface area contributed by atoms with Crippen LogP contribution in [0.4, 0.5) is 19.0 Å². The number of para-hydroxylation sites is 1. The fraction of sp³-hybridized carbons (Fsp3) is 0.387. The predicted molar refractivity (Wildman–Crippen MR) is 149 cm³/mol. The Morgan fingerprint density at radius 2 is 1.84 bits per heavy atom. The summed E-state index contributed by atoms with van der Waals surface area (Å²) in [5, 5.41) is 17.2. The van der Waals surface area contributed by atoms with Gasteiger partial charge in [0.2, 0.25) is 0 Å². The zero-order valence-electron chi connectivity index (χ0n) is 23.3. The molecule has 2 aliphatic heterocycles. The van der Waals surface area contributed by atoms with E-state index in [0.717, 1.165) is 31.0 Å². The third-order valence-electron chi connectivity index (χ3n) is 8.43. The van der Waals surface area contributed by atoms with Crippen molar-refractivity contribution < 1.29 is 27.6 Å². The number of fused-ring (bicyclic) bond motifs is 1. The van der Waals surface area contributed by atoms with Gasteiger partial charge >= 0.3 is 6.18 Å². The first-order valence-electron chi connectivity index (χ1n) is 14.3. The standard InChI is InChI=1S/C31H29F3N6O3/c1-2-38-28-24(26(30(43)39-15-7-12-22(39)17-35)37-40(28)21-10-4-3-5-11-21)23(18-13-14-18)25(29(38)42)36-27(41)19-8-6-9-20(16-19)31(32,33)34/h3-6,8-11,16,18,22-23,25H,2,7,12-15H2,1H3,(H,36,41)/t22-,23?,25+/m0/s1. The third-order valence-corrected chi connectivity index (χ3v) is 8.43. The number of carbonyl (C=O) groups is 3. The van der Waals surface area contributed by atoms with Crippen molar-refractivity contribution in [1.29, 1.82) is 5.26 Å². The van der Waals surface area contributed by atoms with Crippen molar-refractivity contribution in [2.75, 3.05) is 18.0 Å². The number of hydrogen-bond acceptors (Lipinski definition) is 5. The lowest BCUT2D eigenvalue weighted by Crippen LogP contribution is -2.56. The molecule has 2 fully saturated rings. The molecule has 43 heavy (non-hydrogen) atoms. The molecule has 3 aliphatic rings. The number of nitrogens with zero attached hydrogens (tertiary/aromatic N) is 5. The van der Waals surface area contributed by atoms with Crippen LogP contribution in [-0.4, -0.2) is 57.6 Å². The molecule has 1 saturated heterocycles. The Bertz CT molecular complexity index is 1630. The molecule has 1 aromatic heterocycles. The molecule has 3 heterocycles. The van der Waals surface area contributed by atoms with E-state index in [1.807, 2.05) is 18.2 Å². The van der Waals surface area contributed by atoms with Crippen LogP contribution >= 0.6 is 0 Å². The first-order valence-corrected chi connectivity index (χ1v) is 14.3. The van der Waals surface area contributed by atoms with Gasteiger partial charge in [0.1, 0.15) is 17.9 Å². The topological polar surface area (TPSA) is 111 Å². The normalized spacial score (nSPS) is 21.8. The quantitative estimate of drug-likeness (QED) is 0.448. The van der Waals surface area contributed by atoms with Crippen molar-refractivity contribution in [1.82, 2.24) is 20.0 Å². The molecule has 1 aliphatic carbocycles. The Labute approximate surface area is 245 Å². The van der Waals surface area contributed by atoms with Crippen LogP contribution in [0.25, 0.3) is 5.69 Å². The van der Waals surface area contributed by atoms with E-state index >= 15 is 0 Å². The molecular weight excluding hydrogens is 561 g/mol. The van der Waals surface area contributed by atoms with Crippen LogP contribution < -0.4 is 10.2 Å². The number of carbonyl (C=O) groups excluding carboxylic acids is 3. The molecule has 3 amide bonds. The van der Waals surface area contributed by atoms with Gasteiger partial charge in [0.25, 0.3) is 17.7 Å². The molecule has 222 valence electrons. The molecule has 3 aromatic rings. The van der Waals surface area contributed by atoms with Crippen LogP contribution in [-0.2, 0) is 11.0 Å². The molecule has 0 radical (unpaired) electrons. The number of aromatic nitrogens is 2. The maximum Gasteiger partial charge on any atom is 0.416 e. The van der Waals surface area contributed by atoms with Crippen molar-refractivity contribution >= 4 is 23.5 Å². The molecule has 0 spiro atoms. The summed E-state index contributed by atoms with van der Waals surface area (Å²) in [7, 11) is 0. The summed E-state index contributed by atoms with van der Waals surface area (Å²) >= 11 is 0. The van der Waals surface area contributed by atoms with Gasteiger partial charge in [-0.1, -0.05) is 24.3 Å². The number of halogens is 3. The highest BCUT2D eigenvalue weighted by atomic mass is 19.4. The molecule has 0 bridgehead atoms. The number of nitriles is 1. The first-order chi connectivity index (χ1) is 20.6. The minimum absolute atomic E-state index is 0.0566. The summed E-state index contributed by atoms with van der Waals surface area (Å²) in [6.07, 6.45) is -1.93. The van der Waals surface area contributed by atoms with Crippen molar-refractivity contribution in [3.8, 4) is 11.8 Å². The number of amides is 3. The largest absolute Gasteiger partial charge is 0.416 e. The van der Waals surface area contributed by atoms with Gasteiger partial charge < -0.3 is 10.2 Å². The van der Waals surface area contributed by atoms with Crippen LogP contribution in [0.5, 0.6) is 0 Å². The van der Waals surface area contributed by atoms with E-state index in [1.54, 1.807) is 23.7 Å². The lowest BCUT2D eigenvalue weighted by Gasteiger charge is -2.38. The number of rotatable bonds is 6. The van der Waals surface area contributed by atoms with Gasteiger partial charge in [0, 0.05) is 30.1 Å². The van der Waals surface area contributed by atoms with Gasteiger partial charge in [-0.15, -0.1) is 0 Å². The number of likely N-dealkylation sites (tertiary alicyclic amines) is 1. The molecule has 1 N–H and O–H groups in total. The lowest BCUT2D eigenvalue weighted by atomic mass is 9.82. The molecule has 9 nitrogen and oxygen atoms in total. The molecule has 1 saturated carbocycles. The number of alkyl halides is 3. The Balaban J connectivity index is 1.48. The fourth-order valence-electron chi connectivity index (χ4n) is 6.25. The van der Waals surface area contributed by atoms with Crippen LogP contribution in [0.15, 0.2) is 54.6 Å². The molecule has 12 heteroatoms. The zero-order chi connectivity index (χ0) is 30.5. The molecule has 1 unspecified atom stereocenters. The van der Waals surface area contributed by atoms with Crippen molar-refractivity contribution in [3.05, 3.63) is 77.0 Å². The van der Waals surface area contributed by atoms with Crippen molar-refractivity contribution in [3.63, 3.8) is 0 Å². The SMILES string of the molecule is CCN1C(=O)[C@H](NC(=O)c2cccc(C(F)(F)F)c2)C(C2CC2)c2c(C(=O)N3CCC[C@H]3C#N)nn(-c3ccccc3)c21. The average molecular weight is 591 g/mol. The highest BCUT2D eigenvalue weighted by Gasteiger charge is 2.52. The number of benzene rings is 2. The summed E-state index contributed by atoms with van der Waals surface area (Å²) in [5.74, 6) is -1.94. The third kappa shape index (κ3) is 5.02. The minimum atomic E-state index is -4.64. The maximum absolute atomic E-state index is 14.1. The summed E-state index contributed by atoms with van der Waals surface area (Å²) in [6, 6.07) is 13.6. The second-order valence-corrected chi connectivity index (χ2v) is 11.1. The van der Waals surface area contributed by atoms with Gasteiger partial charge in [-0.25, -0.2) is 4.68 Å². The summed E-state index contributed by atoms with van der Waals surface area (Å²) < 4.78 is 41.7. The number of nitrogens with one attached hydrogen (secondary N) is 1. The van der Waals surface area contributed by atoms with E-state index in [4.69, 9.17) is 5.10 Å². The summed E-state index contributed by atoms with van der Waals surface area (Å²) in [6.45, 7) is 2.35. The second kappa shape index (κ2) is 10.9. The summed E-state index contributed by atoms with van der Waals surface area (Å²) in [4.78, 5) is 44.6. The van der Waals surface area contributed by atoms with Crippen molar-refractivity contribution in [2.24, 2.45) is 5.92 Å². The Morgan fingerprint density at radius 1 is 1.09 bits per heavy atom. The predicted octanol–water partition coefficient (Wildman–Crippen LogP) is 4.68. The Morgan fingerprint density at radius 3 is 2.49 bits per heavy atom. The highest BCUT2D eigenvalue weighted by molar-refractivity contribution is 6.07. The van der Waals surface area contributed by atoms with Crippen LogP contribution in [0.1, 0.15) is 70.5 Å². The van der Waals surface area contributed by atoms with E-state index in [2.05, 4.69) is 11.4 Å². The van der Waals surface area contributed by atoms with E-state index in [0.29, 0.717) is 36.5 Å². The van der Waals surface area contributed by atoms with Gasteiger partial charge in [0.15, 0.2) is 5.69 Å². The van der Waals surface area contributed by atoms with Gasteiger partial charge in [-0.05, 0) is 68.9 Å². The minimum Gasteiger partial charge on any atom is -0.340 e. The van der Waals surface area contributed by atoms with E-state index < -0.39 is 47.5 Å². The van der Waals surface area contributed by atoms with Crippen molar-refractivity contribution in [2.45, 2.75) is 56.8 Å². The first kappa shape index (κ1) is 28.5. The van der Waals surface area contributed by atoms with Crippen LogP contribution in [0, 0.1) is 17.2 Å². The maximum atomic E-state index is 14.1. The van der Waals surface area contributed by atoms with Crippen LogP contribution in [0.2, 0.25) is 0 Å². The molecule has 3 atom stereocenters. The smallest absolute Gasteiger partial charge is 0.340 e. The van der Waals surface area contributed by atoms with E-state index in [-0.39, 0.29) is 23.7 Å². The Hall–Kier alpha value is -4.66. The average Bonchev–Trinajstić information content (AvgIpc) is 3.59. The molecule has 6 rings (SSSR count).